The van der Waals surface area contributed by atoms with E-state index in [4.69, 9.17) is 24.4 Å². The first-order valence-corrected chi connectivity index (χ1v) is 5.98. The summed E-state index contributed by atoms with van der Waals surface area (Å²) < 4.78 is 15.0. The van der Waals surface area contributed by atoms with Crippen molar-refractivity contribution in [2.75, 3.05) is 33.5 Å². The Labute approximate surface area is 105 Å². The average molecular weight is 252 g/mol. The smallest absolute Gasteiger partial charge is 0.0779 e. The van der Waals surface area contributed by atoms with Crippen molar-refractivity contribution in [2.45, 2.75) is 46.0 Å². The molecule has 0 aliphatic rings. The van der Waals surface area contributed by atoms with Gasteiger partial charge in [0.05, 0.1) is 38.1 Å². The maximum atomic E-state index is 8.56. The van der Waals surface area contributed by atoms with Crippen molar-refractivity contribution in [3.05, 3.63) is 0 Å². The fraction of sp³-hybridized carbons (Fsp3) is 1.00. The molecule has 0 fully saturated rings. The van der Waals surface area contributed by atoms with Gasteiger partial charge in [-0.25, -0.2) is 0 Å². The first kappa shape index (κ1) is 19.1. The molecule has 0 aliphatic carbocycles. The van der Waals surface area contributed by atoms with Crippen LogP contribution in [0.2, 0.25) is 0 Å². The Morgan fingerprint density at radius 1 is 1.06 bits per heavy atom. The van der Waals surface area contributed by atoms with Crippen LogP contribution in [-0.2, 0) is 14.2 Å². The van der Waals surface area contributed by atoms with Crippen molar-refractivity contribution in [1.29, 1.82) is 0 Å². The minimum Gasteiger partial charge on any atom is -0.394 e. The zero-order valence-corrected chi connectivity index (χ0v) is 11.7. The topological polar surface area (TPSA) is 68.2 Å². The Kier molecular flexibility index (Phi) is 15.6. The molecule has 0 rings (SSSR count). The Hall–Kier alpha value is -0.200. The van der Waals surface area contributed by atoms with Crippen LogP contribution in [0.25, 0.3) is 0 Å². The Morgan fingerprint density at radius 3 is 1.94 bits per heavy atom. The van der Waals surface area contributed by atoms with Crippen molar-refractivity contribution >= 4 is 0 Å². The summed E-state index contributed by atoms with van der Waals surface area (Å²) in [6.45, 7) is 9.10. The molecule has 0 saturated carbocycles. The summed E-state index contributed by atoms with van der Waals surface area (Å²) in [5, 5.41) is 17.1. The van der Waals surface area contributed by atoms with E-state index in [0.717, 1.165) is 0 Å². The van der Waals surface area contributed by atoms with E-state index in [-0.39, 0.29) is 24.9 Å². The second-order valence-corrected chi connectivity index (χ2v) is 3.88. The summed E-state index contributed by atoms with van der Waals surface area (Å²) in [4.78, 5) is 0. The van der Waals surface area contributed by atoms with E-state index in [1.165, 1.54) is 0 Å². The average Bonchev–Trinajstić information content (AvgIpc) is 2.33. The second-order valence-electron chi connectivity index (χ2n) is 3.88. The summed E-state index contributed by atoms with van der Waals surface area (Å²) in [5.74, 6) is 0. The van der Waals surface area contributed by atoms with Crippen LogP contribution >= 0.6 is 0 Å². The van der Waals surface area contributed by atoms with Crippen molar-refractivity contribution in [2.24, 2.45) is 0 Å². The van der Waals surface area contributed by atoms with Crippen LogP contribution in [0.3, 0.4) is 0 Å². The van der Waals surface area contributed by atoms with E-state index in [1.807, 2.05) is 20.8 Å². The van der Waals surface area contributed by atoms with Gasteiger partial charge in [0.25, 0.3) is 0 Å². The first-order valence-electron chi connectivity index (χ1n) is 5.98. The van der Waals surface area contributed by atoms with Gasteiger partial charge in [0.2, 0.25) is 0 Å². The maximum Gasteiger partial charge on any atom is 0.0779 e. The van der Waals surface area contributed by atoms with Gasteiger partial charge in [0.15, 0.2) is 0 Å². The van der Waals surface area contributed by atoms with Crippen LogP contribution in [0.5, 0.6) is 0 Å². The Morgan fingerprint density at radius 2 is 1.65 bits per heavy atom. The molecular weight excluding hydrogens is 224 g/mol. The van der Waals surface area contributed by atoms with Crippen LogP contribution in [0.4, 0.5) is 0 Å². The minimum absolute atomic E-state index is 0.0659. The zero-order chi connectivity index (χ0) is 13.7. The van der Waals surface area contributed by atoms with Crippen molar-refractivity contribution in [3.63, 3.8) is 0 Å². The van der Waals surface area contributed by atoms with E-state index < -0.39 is 0 Å². The number of ether oxygens (including phenoxy) is 3. The van der Waals surface area contributed by atoms with E-state index in [0.29, 0.717) is 19.8 Å². The SMILES string of the molecule is CCOCC(C)O.COC(C)COC(C)CO. The van der Waals surface area contributed by atoms with Gasteiger partial charge in [-0.3, -0.25) is 0 Å². The van der Waals surface area contributed by atoms with Crippen LogP contribution < -0.4 is 0 Å². The van der Waals surface area contributed by atoms with Crippen molar-refractivity contribution in [1.82, 2.24) is 0 Å². The lowest BCUT2D eigenvalue weighted by Gasteiger charge is -2.13. The standard InChI is InChI=1S/C7H16O3.C5H12O2/c1-6(4-8)10-5-7(2)9-3;1-3-7-4-5(2)6/h6-8H,4-5H2,1-3H3;5-6H,3-4H2,1-2H3. The molecule has 0 spiro atoms. The molecule has 3 atom stereocenters. The molecule has 106 valence electrons. The molecule has 0 aromatic heterocycles. The normalized spacial score (nSPS) is 15.7. The molecule has 0 aliphatic heterocycles. The van der Waals surface area contributed by atoms with Gasteiger partial charge in [-0.15, -0.1) is 0 Å². The second kappa shape index (κ2) is 13.9. The molecule has 0 radical (unpaired) electrons. The zero-order valence-electron chi connectivity index (χ0n) is 11.7. The molecule has 0 heterocycles. The van der Waals surface area contributed by atoms with Gasteiger partial charge in [-0.05, 0) is 27.7 Å². The largest absolute Gasteiger partial charge is 0.394 e. The lowest BCUT2D eigenvalue weighted by molar-refractivity contribution is -0.0313. The number of aliphatic hydroxyl groups excluding tert-OH is 2. The van der Waals surface area contributed by atoms with E-state index in [1.54, 1.807) is 14.0 Å². The van der Waals surface area contributed by atoms with E-state index >= 15 is 0 Å². The number of hydrogen-bond donors (Lipinski definition) is 2. The van der Waals surface area contributed by atoms with Crippen LogP contribution in [0, 0.1) is 0 Å². The lowest BCUT2D eigenvalue weighted by atomic mass is 10.4. The highest BCUT2D eigenvalue weighted by atomic mass is 16.5. The monoisotopic (exact) mass is 252 g/mol. The fourth-order valence-corrected chi connectivity index (χ4v) is 0.709. The van der Waals surface area contributed by atoms with Crippen LogP contribution in [-0.4, -0.2) is 62.1 Å². The Bertz CT molecular complexity index is 131. The molecule has 17 heavy (non-hydrogen) atoms. The molecule has 0 aromatic carbocycles. The third-order valence-electron chi connectivity index (χ3n) is 1.84. The molecule has 0 aromatic rings. The molecule has 3 unspecified atom stereocenters. The van der Waals surface area contributed by atoms with Crippen molar-refractivity contribution in [3.8, 4) is 0 Å². The summed E-state index contributed by atoms with van der Waals surface area (Å²) in [6.07, 6.45) is -0.299. The van der Waals surface area contributed by atoms with E-state index in [2.05, 4.69) is 0 Å². The lowest BCUT2D eigenvalue weighted by Crippen LogP contribution is -2.21. The predicted molar refractivity (Wildman–Crippen MR) is 67.1 cm³/mol. The predicted octanol–water partition coefficient (Wildman–Crippen LogP) is 0.822. The fourth-order valence-electron chi connectivity index (χ4n) is 0.709. The molecule has 0 bridgehead atoms. The third kappa shape index (κ3) is 18.4. The summed E-state index contributed by atoms with van der Waals surface area (Å²) >= 11 is 0. The molecule has 2 N–H and O–H groups in total. The van der Waals surface area contributed by atoms with E-state index in [9.17, 15) is 0 Å². The summed E-state index contributed by atoms with van der Waals surface area (Å²) in [6, 6.07) is 0. The highest BCUT2D eigenvalue weighted by Gasteiger charge is 2.03. The molecule has 0 saturated heterocycles. The Balaban J connectivity index is 0. The van der Waals surface area contributed by atoms with Gasteiger partial charge < -0.3 is 24.4 Å². The minimum atomic E-state index is -0.319. The van der Waals surface area contributed by atoms with Crippen LogP contribution in [0.15, 0.2) is 0 Å². The molecular formula is C12H28O5. The van der Waals surface area contributed by atoms with Crippen LogP contribution in [0.1, 0.15) is 27.7 Å². The van der Waals surface area contributed by atoms with Crippen molar-refractivity contribution < 1.29 is 24.4 Å². The van der Waals surface area contributed by atoms with Gasteiger partial charge in [0.1, 0.15) is 0 Å². The number of rotatable bonds is 8. The number of hydrogen-bond acceptors (Lipinski definition) is 5. The molecule has 5 nitrogen and oxygen atoms in total. The highest BCUT2D eigenvalue weighted by molar-refractivity contribution is 4.49. The first-order chi connectivity index (χ1) is 7.97. The maximum absolute atomic E-state index is 8.56. The molecule has 0 amide bonds. The number of aliphatic hydroxyl groups is 2. The van der Waals surface area contributed by atoms with Gasteiger partial charge >= 0.3 is 0 Å². The molecule has 5 heteroatoms. The van der Waals surface area contributed by atoms with Gasteiger partial charge in [-0.1, -0.05) is 0 Å². The van der Waals surface area contributed by atoms with Gasteiger partial charge in [0, 0.05) is 13.7 Å². The quantitative estimate of drug-likeness (QED) is 0.669. The van der Waals surface area contributed by atoms with Gasteiger partial charge in [-0.2, -0.15) is 0 Å². The number of methoxy groups -OCH3 is 1. The summed E-state index contributed by atoms with van der Waals surface area (Å²) in [5.41, 5.74) is 0. The third-order valence-corrected chi connectivity index (χ3v) is 1.84. The summed E-state index contributed by atoms with van der Waals surface area (Å²) in [7, 11) is 1.64. The highest BCUT2D eigenvalue weighted by Crippen LogP contribution is 1.93.